The first-order valence-corrected chi connectivity index (χ1v) is 7.56. The van der Waals surface area contributed by atoms with Crippen molar-refractivity contribution in [3.05, 3.63) is 48.3 Å². The highest BCUT2D eigenvalue weighted by Gasteiger charge is 2.18. The maximum Gasteiger partial charge on any atom is 0.142 e. The van der Waals surface area contributed by atoms with Crippen molar-refractivity contribution in [3.63, 3.8) is 0 Å². The summed E-state index contributed by atoms with van der Waals surface area (Å²) in [5.41, 5.74) is 2.28. The molecule has 1 aromatic heterocycles. The minimum atomic E-state index is 0.916. The number of nitrogens with zero attached hydrogens (tertiary/aromatic N) is 4. The van der Waals surface area contributed by atoms with Crippen LogP contribution in [0.25, 0.3) is 0 Å². The van der Waals surface area contributed by atoms with E-state index < -0.39 is 0 Å². The molecule has 0 radical (unpaired) electrons. The number of aryl methyl sites for hydroxylation is 1. The van der Waals surface area contributed by atoms with Crippen molar-refractivity contribution >= 4 is 11.9 Å². The highest BCUT2D eigenvalue weighted by molar-refractivity contribution is 5.77. The number of methoxy groups -OCH3 is 1. The van der Waals surface area contributed by atoms with E-state index in [2.05, 4.69) is 37.8 Å². The number of ether oxygens (including phenoxy) is 1. The molecule has 1 aliphatic rings. The average Bonchev–Trinajstić information content (AvgIpc) is 2.98. The van der Waals surface area contributed by atoms with Crippen LogP contribution in [0.15, 0.2) is 47.7 Å². The van der Waals surface area contributed by atoms with Crippen LogP contribution in [-0.2, 0) is 7.05 Å². The summed E-state index contributed by atoms with van der Waals surface area (Å²) in [5.74, 6) is 0.934. The van der Waals surface area contributed by atoms with Crippen molar-refractivity contribution in [2.45, 2.75) is 0 Å². The smallest absolute Gasteiger partial charge is 0.142 e. The molecule has 1 saturated heterocycles. The molecule has 0 aliphatic carbocycles. The van der Waals surface area contributed by atoms with Crippen LogP contribution < -0.4 is 9.64 Å². The molecule has 0 saturated carbocycles. The number of anilines is 1. The van der Waals surface area contributed by atoms with Crippen LogP contribution >= 0.6 is 0 Å². The molecule has 2 heterocycles. The van der Waals surface area contributed by atoms with Gasteiger partial charge in [-0.2, -0.15) is 5.10 Å². The Hall–Kier alpha value is -2.43. The van der Waals surface area contributed by atoms with E-state index in [4.69, 9.17) is 4.74 Å². The summed E-state index contributed by atoms with van der Waals surface area (Å²) in [6.45, 7) is 3.73. The number of aromatic nitrogens is 1. The quantitative estimate of drug-likeness (QED) is 0.811. The molecule has 5 heteroatoms. The van der Waals surface area contributed by atoms with Gasteiger partial charge in [0.15, 0.2) is 0 Å². The van der Waals surface area contributed by atoms with E-state index in [1.165, 1.54) is 0 Å². The summed E-state index contributed by atoms with van der Waals surface area (Å²) in [5, 5.41) is 6.71. The van der Waals surface area contributed by atoms with Crippen molar-refractivity contribution in [2.24, 2.45) is 12.1 Å². The van der Waals surface area contributed by atoms with Gasteiger partial charge in [0.25, 0.3) is 0 Å². The third-order valence-electron chi connectivity index (χ3n) is 4.02. The van der Waals surface area contributed by atoms with Gasteiger partial charge in [0.2, 0.25) is 0 Å². The Labute approximate surface area is 131 Å². The van der Waals surface area contributed by atoms with E-state index in [0.717, 1.165) is 43.3 Å². The van der Waals surface area contributed by atoms with Crippen LogP contribution in [0.4, 0.5) is 5.69 Å². The minimum Gasteiger partial charge on any atom is -0.495 e. The van der Waals surface area contributed by atoms with Gasteiger partial charge in [-0.05, 0) is 24.3 Å². The maximum atomic E-state index is 5.45. The standard InChI is InChI=1S/C17H22N4O/c1-19-9-5-6-15(19)14-18-21-12-10-20(11-13-21)16-7-3-4-8-17(16)22-2/h3-9,14H,10-13H2,1-2H3/b18-14-. The Morgan fingerprint density at radius 1 is 1.05 bits per heavy atom. The first kappa shape index (κ1) is 14.5. The second kappa shape index (κ2) is 6.56. The molecule has 0 spiro atoms. The first-order chi connectivity index (χ1) is 10.8. The molecule has 1 aromatic carbocycles. The van der Waals surface area contributed by atoms with Crippen molar-refractivity contribution in [3.8, 4) is 5.75 Å². The van der Waals surface area contributed by atoms with Crippen molar-refractivity contribution in [1.29, 1.82) is 0 Å². The summed E-state index contributed by atoms with van der Waals surface area (Å²) in [7, 11) is 3.75. The summed E-state index contributed by atoms with van der Waals surface area (Å²) in [6, 6.07) is 12.3. The third kappa shape index (κ3) is 3.08. The number of benzene rings is 1. The highest BCUT2D eigenvalue weighted by atomic mass is 16.5. The van der Waals surface area contributed by atoms with Crippen molar-refractivity contribution in [2.75, 3.05) is 38.2 Å². The van der Waals surface area contributed by atoms with Crippen LogP contribution in [0.1, 0.15) is 5.69 Å². The first-order valence-electron chi connectivity index (χ1n) is 7.56. The zero-order valence-electron chi connectivity index (χ0n) is 13.1. The lowest BCUT2D eigenvalue weighted by Crippen LogP contribution is -2.44. The Kier molecular flexibility index (Phi) is 4.32. The summed E-state index contributed by atoms with van der Waals surface area (Å²) < 4.78 is 7.51. The molecule has 5 nitrogen and oxygen atoms in total. The fourth-order valence-electron chi connectivity index (χ4n) is 2.69. The van der Waals surface area contributed by atoms with Crippen LogP contribution in [-0.4, -0.2) is 49.1 Å². The predicted octanol–water partition coefficient (Wildman–Crippen LogP) is 2.19. The Balaban J connectivity index is 1.61. The van der Waals surface area contributed by atoms with Gasteiger partial charge in [-0.25, -0.2) is 0 Å². The van der Waals surface area contributed by atoms with Gasteiger partial charge in [-0.15, -0.1) is 0 Å². The molecule has 22 heavy (non-hydrogen) atoms. The van der Waals surface area contributed by atoms with Gasteiger partial charge >= 0.3 is 0 Å². The largest absolute Gasteiger partial charge is 0.495 e. The molecule has 0 N–H and O–H groups in total. The van der Waals surface area contributed by atoms with Crippen molar-refractivity contribution < 1.29 is 4.74 Å². The second-order valence-corrected chi connectivity index (χ2v) is 5.40. The zero-order valence-corrected chi connectivity index (χ0v) is 13.1. The van der Waals surface area contributed by atoms with Gasteiger partial charge in [-0.3, -0.25) is 5.01 Å². The Morgan fingerprint density at radius 3 is 2.50 bits per heavy atom. The molecule has 1 fully saturated rings. The van der Waals surface area contributed by atoms with Crippen LogP contribution in [0.5, 0.6) is 5.75 Å². The number of hydrogen-bond donors (Lipinski definition) is 0. The fraction of sp³-hybridized carbons (Fsp3) is 0.353. The van der Waals surface area contributed by atoms with Gasteiger partial charge in [0.1, 0.15) is 5.75 Å². The number of rotatable bonds is 4. The van der Waals surface area contributed by atoms with E-state index in [1.54, 1.807) is 7.11 Å². The lowest BCUT2D eigenvalue weighted by Gasteiger charge is -2.35. The topological polar surface area (TPSA) is 33.0 Å². The van der Waals surface area contributed by atoms with E-state index in [1.807, 2.05) is 37.7 Å². The van der Waals surface area contributed by atoms with E-state index >= 15 is 0 Å². The van der Waals surface area contributed by atoms with E-state index in [9.17, 15) is 0 Å². The monoisotopic (exact) mass is 298 g/mol. The number of hydrazone groups is 1. The highest BCUT2D eigenvalue weighted by Crippen LogP contribution is 2.28. The Bertz CT molecular complexity index is 642. The van der Waals surface area contributed by atoms with E-state index in [-0.39, 0.29) is 0 Å². The van der Waals surface area contributed by atoms with Crippen LogP contribution in [0.3, 0.4) is 0 Å². The number of piperazine rings is 1. The van der Waals surface area contributed by atoms with Crippen molar-refractivity contribution in [1.82, 2.24) is 9.58 Å². The molecular formula is C17H22N4O. The van der Waals surface area contributed by atoms with Gasteiger partial charge in [-0.1, -0.05) is 12.1 Å². The molecule has 116 valence electrons. The summed E-state index contributed by atoms with van der Waals surface area (Å²) in [6.07, 6.45) is 3.96. The molecule has 0 amide bonds. The lowest BCUT2D eigenvalue weighted by molar-refractivity contribution is 0.271. The minimum absolute atomic E-state index is 0.916. The molecule has 2 aromatic rings. The fourth-order valence-corrected chi connectivity index (χ4v) is 2.69. The molecule has 3 rings (SSSR count). The van der Waals surface area contributed by atoms with Gasteiger partial charge < -0.3 is 14.2 Å². The van der Waals surface area contributed by atoms with Crippen LogP contribution in [0.2, 0.25) is 0 Å². The maximum absolute atomic E-state index is 5.45. The average molecular weight is 298 g/mol. The van der Waals surface area contributed by atoms with Gasteiger partial charge in [0, 0.05) is 26.3 Å². The predicted molar refractivity (Wildman–Crippen MR) is 89.8 cm³/mol. The number of hydrogen-bond acceptors (Lipinski definition) is 4. The molecule has 0 unspecified atom stereocenters. The zero-order chi connectivity index (χ0) is 15.4. The normalized spacial score (nSPS) is 15.5. The second-order valence-electron chi connectivity index (χ2n) is 5.40. The molecule has 0 atom stereocenters. The SMILES string of the molecule is COc1ccccc1N1CCN(/N=C\c2cccn2C)CC1. The van der Waals surface area contributed by atoms with E-state index in [0.29, 0.717) is 0 Å². The lowest BCUT2D eigenvalue weighted by atomic mass is 10.2. The summed E-state index contributed by atoms with van der Waals surface area (Å²) in [4.78, 5) is 2.35. The summed E-state index contributed by atoms with van der Waals surface area (Å²) >= 11 is 0. The number of para-hydroxylation sites is 2. The van der Waals surface area contributed by atoms with Gasteiger partial charge in [0.05, 0.1) is 37.8 Å². The molecule has 0 bridgehead atoms. The Morgan fingerprint density at radius 2 is 1.82 bits per heavy atom. The third-order valence-corrected chi connectivity index (χ3v) is 4.02. The molecular weight excluding hydrogens is 276 g/mol. The molecule has 1 aliphatic heterocycles. The van der Waals surface area contributed by atoms with Crippen LogP contribution in [0, 0.1) is 0 Å².